The summed E-state index contributed by atoms with van der Waals surface area (Å²) in [5.74, 6) is -0.715. The zero-order valence-electron chi connectivity index (χ0n) is 19.8. The lowest BCUT2D eigenvalue weighted by Crippen LogP contribution is -2.27. The van der Waals surface area contributed by atoms with Crippen LogP contribution in [-0.4, -0.2) is 35.7 Å². The van der Waals surface area contributed by atoms with E-state index < -0.39 is 29.2 Å². The quantitative estimate of drug-likeness (QED) is 0.194. The number of carbonyl (C=O) groups is 3. The predicted octanol–water partition coefficient (Wildman–Crippen LogP) is 4.78. The van der Waals surface area contributed by atoms with E-state index in [0.717, 1.165) is 5.56 Å². The molecule has 1 saturated heterocycles. The van der Waals surface area contributed by atoms with Gasteiger partial charge in [-0.15, -0.1) is 0 Å². The van der Waals surface area contributed by atoms with Crippen LogP contribution in [0.5, 0.6) is 11.5 Å². The lowest BCUT2D eigenvalue weighted by molar-refractivity contribution is -0.384. The first-order valence-electron chi connectivity index (χ1n) is 11.3. The Labute approximate surface area is 207 Å². The van der Waals surface area contributed by atoms with Gasteiger partial charge in [0.15, 0.2) is 12.4 Å². The van der Waals surface area contributed by atoms with Gasteiger partial charge in [0.05, 0.1) is 10.8 Å². The van der Waals surface area contributed by atoms with Crippen molar-refractivity contribution in [2.24, 2.45) is 5.92 Å². The van der Waals surface area contributed by atoms with E-state index in [1.165, 1.54) is 34.7 Å². The minimum absolute atomic E-state index is 0.0224. The number of ketones is 1. The molecule has 1 heterocycles. The molecule has 1 unspecified atom stereocenters. The van der Waals surface area contributed by atoms with Crippen LogP contribution in [0.2, 0.25) is 0 Å². The molecule has 9 nitrogen and oxygen atoms in total. The Morgan fingerprint density at radius 1 is 0.972 bits per heavy atom. The van der Waals surface area contributed by atoms with Crippen LogP contribution in [0.25, 0.3) is 0 Å². The molecule has 0 radical (unpaired) electrons. The molecule has 9 heteroatoms. The van der Waals surface area contributed by atoms with E-state index in [2.05, 4.69) is 0 Å². The molecule has 0 N–H and O–H groups in total. The highest BCUT2D eigenvalue weighted by Gasteiger charge is 2.36. The molecule has 0 aliphatic carbocycles. The van der Waals surface area contributed by atoms with Gasteiger partial charge >= 0.3 is 5.97 Å². The first-order chi connectivity index (χ1) is 17.2. The van der Waals surface area contributed by atoms with Gasteiger partial charge in [0.1, 0.15) is 11.5 Å². The number of nitro groups is 1. The standard InChI is InChI=1S/C27H24N2O7/c1-17-3-10-24(13-18(17)2)36-23-11-8-21(9-12-23)28-15-20(14-26(28)31)27(32)35-16-25(30)19-4-6-22(7-5-19)29(33)34/h3-13,20H,14-16H2,1-2H3. The highest BCUT2D eigenvalue weighted by atomic mass is 16.6. The van der Waals surface area contributed by atoms with Crippen molar-refractivity contribution in [3.05, 3.63) is 93.5 Å². The van der Waals surface area contributed by atoms with Crippen molar-refractivity contribution < 1.29 is 28.8 Å². The zero-order valence-corrected chi connectivity index (χ0v) is 19.8. The first-order valence-corrected chi connectivity index (χ1v) is 11.3. The number of rotatable bonds is 8. The number of carbonyl (C=O) groups excluding carboxylic acids is 3. The molecule has 0 aromatic heterocycles. The Balaban J connectivity index is 1.32. The fourth-order valence-electron chi connectivity index (χ4n) is 3.83. The molecule has 3 aromatic carbocycles. The van der Waals surface area contributed by atoms with Crippen molar-refractivity contribution in [3.8, 4) is 11.5 Å². The maximum Gasteiger partial charge on any atom is 0.311 e. The molecule has 1 amide bonds. The molecule has 4 rings (SSSR count). The molecule has 1 atom stereocenters. The fraction of sp³-hybridized carbons (Fsp3) is 0.222. The maximum absolute atomic E-state index is 12.5. The molecular weight excluding hydrogens is 464 g/mol. The van der Waals surface area contributed by atoms with E-state index in [4.69, 9.17) is 9.47 Å². The van der Waals surface area contributed by atoms with Crippen molar-refractivity contribution in [1.29, 1.82) is 0 Å². The van der Waals surface area contributed by atoms with Gasteiger partial charge < -0.3 is 14.4 Å². The molecule has 1 aliphatic rings. The summed E-state index contributed by atoms with van der Waals surface area (Å²) in [5.41, 5.74) is 2.98. The largest absolute Gasteiger partial charge is 0.457 e. The number of hydrogen-bond acceptors (Lipinski definition) is 7. The van der Waals surface area contributed by atoms with Gasteiger partial charge in [-0.1, -0.05) is 6.07 Å². The van der Waals surface area contributed by atoms with Crippen molar-refractivity contribution in [2.75, 3.05) is 18.1 Å². The van der Waals surface area contributed by atoms with Gasteiger partial charge in [0.2, 0.25) is 5.91 Å². The number of nitro benzene ring substituents is 1. The number of non-ortho nitro benzene ring substituents is 1. The molecule has 0 bridgehead atoms. The van der Waals surface area contributed by atoms with E-state index in [-0.39, 0.29) is 30.1 Å². The average molecular weight is 488 g/mol. The molecule has 1 fully saturated rings. The Morgan fingerprint density at radius 2 is 1.64 bits per heavy atom. The second-order valence-electron chi connectivity index (χ2n) is 8.58. The monoisotopic (exact) mass is 488 g/mol. The van der Waals surface area contributed by atoms with Crippen molar-refractivity contribution >= 4 is 29.0 Å². The lowest BCUT2D eigenvalue weighted by Gasteiger charge is -2.17. The summed E-state index contributed by atoms with van der Waals surface area (Å²) in [6.07, 6.45) is -0.0224. The zero-order chi connectivity index (χ0) is 25.8. The third-order valence-electron chi connectivity index (χ3n) is 6.07. The van der Waals surface area contributed by atoms with Gasteiger partial charge in [-0.2, -0.15) is 0 Å². The van der Waals surface area contributed by atoms with Crippen molar-refractivity contribution in [1.82, 2.24) is 0 Å². The van der Waals surface area contributed by atoms with Gasteiger partial charge in [0.25, 0.3) is 5.69 Å². The van der Waals surface area contributed by atoms with Crippen molar-refractivity contribution in [3.63, 3.8) is 0 Å². The summed E-state index contributed by atoms with van der Waals surface area (Å²) in [7, 11) is 0. The molecule has 36 heavy (non-hydrogen) atoms. The number of nitrogens with zero attached hydrogens (tertiary/aromatic N) is 2. The lowest BCUT2D eigenvalue weighted by atomic mass is 10.1. The Morgan fingerprint density at radius 3 is 2.28 bits per heavy atom. The van der Waals surface area contributed by atoms with Crippen LogP contribution in [0.15, 0.2) is 66.7 Å². The summed E-state index contributed by atoms with van der Waals surface area (Å²) >= 11 is 0. The minimum atomic E-state index is -0.700. The Kier molecular flexibility index (Phi) is 7.10. The molecule has 0 saturated carbocycles. The maximum atomic E-state index is 12.5. The second-order valence-corrected chi connectivity index (χ2v) is 8.58. The predicted molar refractivity (Wildman–Crippen MR) is 131 cm³/mol. The number of benzene rings is 3. The van der Waals surface area contributed by atoms with Gasteiger partial charge in [-0.25, -0.2) is 0 Å². The topological polar surface area (TPSA) is 116 Å². The summed E-state index contributed by atoms with van der Waals surface area (Å²) in [6, 6.07) is 17.9. The number of hydrogen-bond donors (Lipinski definition) is 0. The molecule has 0 spiro atoms. The van der Waals surface area contributed by atoms with Gasteiger partial charge in [0, 0.05) is 36.3 Å². The normalized spacial score (nSPS) is 15.0. The van der Waals surface area contributed by atoms with E-state index in [9.17, 15) is 24.5 Å². The van der Waals surface area contributed by atoms with E-state index in [1.54, 1.807) is 24.3 Å². The first kappa shape index (κ1) is 24.6. The molecule has 184 valence electrons. The van der Waals surface area contributed by atoms with Crippen LogP contribution in [0, 0.1) is 29.9 Å². The summed E-state index contributed by atoms with van der Waals surface area (Å²) < 4.78 is 11.0. The number of amides is 1. The molecular formula is C27H24N2O7. The van der Waals surface area contributed by atoms with Crippen LogP contribution < -0.4 is 9.64 Å². The van der Waals surface area contributed by atoms with Crippen LogP contribution in [0.3, 0.4) is 0 Å². The molecule has 1 aliphatic heterocycles. The van der Waals surface area contributed by atoms with Crippen molar-refractivity contribution in [2.45, 2.75) is 20.3 Å². The number of esters is 1. The Bertz CT molecular complexity index is 1320. The number of anilines is 1. The summed E-state index contributed by atoms with van der Waals surface area (Å²) in [4.78, 5) is 49.0. The number of Topliss-reactive ketones (excluding diaryl/α,β-unsaturated/α-hetero) is 1. The number of aryl methyl sites for hydroxylation is 2. The van der Waals surface area contributed by atoms with Gasteiger partial charge in [-0.3, -0.25) is 24.5 Å². The van der Waals surface area contributed by atoms with Crippen LogP contribution in [-0.2, 0) is 14.3 Å². The third-order valence-corrected chi connectivity index (χ3v) is 6.07. The average Bonchev–Trinajstić information content (AvgIpc) is 3.26. The third kappa shape index (κ3) is 5.57. The molecule has 3 aromatic rings. The van der Waals surface area contributed by atoms with E-state index in [1.807, 2.05) is 32.0 Å². The van der Waals surface area contributed by atoms with Crippen LogP contribution >= 0.6 is 0 Å². The van der Waals surface area contributed by atoms with Gasteiger partial charge in [-0.05, 0) is 73.5 Å². The fourth-order valence-corrected chi connectivity index (χ4v) is 3.83. The van der Waals surface area contributed by atoms with Crippen LogP contribution in [0.1, 0.15) is 27.9 Å². The van der Waals surface area contributed by atoms with Crippen LogP contribution in [0.4, 0.5) is 11.4 Å². The van der Waals surface area contributed by atoms with E-state index >= 15 is 0 Å². The number of ether oxygens (including phenoxy) is 2. The Hall–Kier alpha value is -4.53. The SMILES string of the molecule is Cc1ccc(Oc2ccc(N3CC(C(=O)OCC(=O)c4ccc([N+](=O)[O-])cc4)CC3=O)cc2)cc1C. The summed E-state index contributed by atoms with van der Waals surface area (Å²) in [5, 5.41) is 10.7. The van der Waals surface area contributed by atoms with E-state index in [0.29, 0.717) is 17.2 Å². The highest BCUT2D eigenvalue weighted by molar-refractivity contribution is 6.01. The second kappa shape index (κ2) is 10.4. The summed E-state index contributed by atoms with van der Waals surface area (Å²) in [6.45, 7) is 3.67. The smallest absolute Gasteiger partial charge is 0.311 e. The minimum Gasteiger partial charge on any atom is -0.457 e. The highest BCUT2D eigenvalue weighted by Crippen LogP contribution is 2.30.